The fraction of sp³-hybridized carbons (Fsp3) is 0.500. The van der Waals surface area contributed by atoms with E-state index in [-0.39, 0.29) is 5.84 Å². The van der Waals surface area contributed by atoms with Crippen LogP contribution in [0, 0.1) is 5.92 Å². The van der Waals surface area contributed by atoms with Crippen LogP contribution in [-0.2, 0) is 0 Å². The third kappa shape index (κ3) is 4.41. The zero-order valence-corrected chi connectivity index (χ0v) is 11.4. The molecule has 6 heteroatoms. The summed E-state index contributed by atoms with van der Waals surface area (Å²) in [7, 11) is 0. The van der Waals surface area contributed by atoms with Gasteiger partial charge in [0.1, 0.15) is 5.84 Å². The molecule has 1 aromatic rings. The summed E-state index contributed by atoms with van der Waals surface area (Å²) in [5.74, 6) is 0.704. The van der Waals surface area contributed by atoms with Crippen molar-refractivity contribution in [3.8, 4) is 0 Å². The van der Waals surface area contributed by atoms with Crippen LogP contribution in [0.1, 0.15) is 20.3 Å². The van der Waals surface area contributed by atoms with Gasteiger partial charge in [0.25, 0.3) is 0 Å². The van der Waals surface area contributed by atoms with E-state index in [1.165, 1.54) is 0 Å². The lowest BCUT2D eigenvalue weighted by Crippen LogP contribution is -2.31. The average molecular weight is 271 g/mol. The van der Waals surface area contributed by atoms with Gasteiger partial charge in [-0.2, -0.15) is 0 Å². The number of rotatable bonds is 6. The van der Waals surface area contributed by atoms with E-state index in [1.54, 1.807) is 12.4 Å². The molecule has 0 amide bonds. The molecule has 1 aromatic heterocycles. The number of nitrogens with two attached hydrogens (primary N) is 1. The van der Waals surface area contributed by atoms with Gasteiger partial charge in [0, 0.05) is 31.9 Å². The van der Waals surface area contributed by atoms with Crippen molar-refractivity contribution < 1.29 is 5.21 Å². The number of amidine groups is 1. The van der Waals surface area contributed by atoms with Crippen LogP contribution in [0.4, 0.5) is 5.69 Å². The lowest BCUT2D eigenvalue weighted by molar-refractivity contribution is 0.317. The van der Waals surface area contributed by atoms with E-state index in [2.05, 4.69) is 28.9 Å². The van der Waals surface area contributed by atoms with E-state index in [4.69, 9.17) is 22.5 Å². The van der Waals surface area contributed by atoms with Crippen molar-refractivity contribution >= 4 is 23.1 Å². The standard InChI is InChI=1S/C12H19ClN4O/c1-9(2)8-17(6-4-12(14)16-18)11-3-5-15-7-10(11)13/h3,5,7,9,18H,4,6,8H2,1-2H3,(H2,14,16). The molecular formula is C12H19ClN4O. The van der Waals surface area contributed by atoms with E-state index in [1.807, 2.05) is 6.07 Å². The number of halogens is 1. The number of hydrogen-bond donors (Lipinski definition) is 2. The molecule has 3 N–H and O–H groups in total. The predicted octanol–water partition coefficient (Wildman–Crippen LogP) is 2.33. The van der Waals surface area contributed by atoms with Gasteiger partial charge in [-0.25, -0.2) is 0 Å². The molecule has 0 radical (unpaired) electrons. The number of aromatic nitrogens is 1. The Morgan fingerprint density at radius 3 is 2.89 bits per heavy atom. The van der Waals surface area contributed by atoms with Gasteiger partial charge >= 0.3 is 0 Å². The third-order valence-electron chi connectivity index (χ3n) is 2.44. The minimum Gasteiger partial charge on any atom is -0.409 e. The second kappa shape index (κ2) is 7.06. The molecule has 1 rings (SSSR count). The van der Waals surface area contributed by atoms with Crippen LogP contribution < -0.4 is 10.6 Å². The molecule has 0 atom stereocenters. The molecule has 0 saturated heterocycles. The third-order valence-corrected chi connectivity index (χ3v) is 2.73. The molecule has 0 aliphatic rings. The van der Waals surface area contributed by atoms with E-state index in [0.717, 1.165) is 12.2 Å². The predicted molar refractivity (Wildman–Crippen MR) is 74.3 cm³/mol. The SMILES string of the molecule is CC(C)CN(CCC(N)=NO)c1ccncc1Cl. The first-order chi connectivity index (χ1) is 8.54. The number of pyridine rings is 1. The molecule has 0 aliphatic heterocycles. The highest BCUT2D eigenvalue weighted by Gasteiger charge is 2.12. The Kier molecular flexibility index (Phi) is 5.71. The van der Waals surface area contributed by atoms with E-state index in [0.29, 0.717) is 23.9 Å². The van der Waals surface area contributed by atoms with Gasteiger partial charge in [-0.15, -0.1) is 0 Å². The van der Waals surface area contributed by atoms with Gasteiger partial charge in [0.2, 0.25) is 0 Å². The summed E-state index contributed by atoms with van der Waals surface area (Å²) >= 11 is 6.14. The molecule has 1 heterocycles. The maximum absolute atomic E-state index is 8.56. The second-order valence-corrected chi connectivity index (χ2v) is 4.92. The van der Waals surface area contributed by atoms with Crippen molar-refractivity contribution in [2.75, 3.05) is 18.0 Å². The molecule has 0 spiro atoms. The average Bonchev–Trinajstić information content (AvgIpc) is 2.34. The Morgan fingerprint density at radius 2 is 2.33 bits per heavy atom. The Morgan fingerprint density at radius 1 is 1.61 bits per heavy atom. The first-order valence-corrected chi connectivity index (χ1v) is 6.23. The molecule has 18 heavy (non-hydrogen) atoms. The molecule has 100 valence electrons. The van der Waals surface area contributed by atoms with E-state index in [9.17, 15) is 0 Å². The Bertz CT molecular complexity index is 409. The maximum atomic E-state index is 8.56. The fourth-order valence-electron chi connectivity index (χ4n) is 1.67. The molecule has 0 aromatic carbocycles. The summed E-state index contributed by atoms with van der Waals surface area (Å²) < 4.78 is 0. The van der Waals surface area contributed by atoms with Crippen molar-refractivity contribution in [2.24, 2.45) is 16.8 Å². The topological polar surface area (TPSA) is 74.7 Å². The molecule has 5 nitrogen and oxygen atoms in total. The first kappa shape index (κ1) is 14.6. The Hall–Kier alpha value is -1.49. The van der Waals surface area contributed by atoms with Crippen LogP contribution in [0.25, 0.3) is 0 Å². The van der Waals surface area contributed by atoms with Gasteiger partial charge in [0.05, 0.1) is 10.7 Å². The normalized spacial score (nSPS) is 11.9. The summed E-state index contributed by atoms with van der Waals surface area (Å²) in [4.78, 5) is 6.09. The van der Waals surface area contributed by atoms with Crippen molar-refractivity contribution in [1.82, 2.24) is 4.98 Å². The summed E-state index contributed by atoms with van der Waals surface area (Å²) in [6.45, 7) is 5.76. The summed E-state index contributed by atoms with van der Waals surface area (Å²) in [5.41, 5.74) is 6.42. The van der Waals surface area contributed by atoms with E-state index >= 15 is 0 Å². The zero-order chi connectivity index (χ0) is 13.5. The first-order valence-electron chi connectivity index (χ1n) is 5.85. The maximum Gasteiger partial charge on any atom is 0.140 e. The molecule has 0 aliphatic carbocycles. The summed E-state index contributed by atoms with van der Waals surface area (Å²) in [5, 5.41) is 12.2. The van der Waals surface area contributed by atoms with Crippen LogP contribution >= 0.6 is 11.6 Å². The second-order valence-electron chi connectivity index (χ2n) is 4.51. The monoisotopic (exact) mass is 270 g/mol. The molecule has 0 bridgehead atoms. The molecular weight excluding hydrogens is 252 g/mol. The highest BCUT2D eigenvalue weighted by Crippen LogP contribution is 2.25. The smallest absolute Gasteiger partial charge is 0.140 e. The highest BCUT2D eigenvalue weighted by atomic mass is 35.5. The Labute approximate surface area is 112 Å². The molecule has 0 unspecified atom stereocenters. The minimum atomic E-state index is 0.217. The van der Waals surface area contributed by atoms with Gasteiger partial charge in [-0.05, 0) is 12.0 Å². The van der Waals surface area contributed by atoms with Crippen LogP contribution in [0.2, 0.25) is 5.02 Å². The number of nitrogens with zero attached hydrogens (tertiary/aromatic N) is 3. The van der Waals surface area contributed by atoms with Gasteiger partial charge in [-0.1, -0.05) is 30.6 Å². The molecule has 0 saturated carbocycles. The van der Waals surface area contributed by atoms with Gasteiger partial charge in [0.15, 0.2) is 0 Å². The van der Waals surface area contributed by atoms with Gasteiger partial charge < -0.3 is 15.8 Å². The van der Waals surface area contributed by atoms with E-state index < -0.39 is 0 Å². The minimum absolute atomic E-state index is 0.217. The number of anilines is 1. The van der Waals surface area contributed by atoms with Crippen LogP contribution in [-0.4, -0.2) is 29.1 Å². The van der Waals surface area contributed by atoms with Crippen molar-refractivity contribution in [1.29, 1.82) is 0 Å². The fourth-order valence-corrected chi connectivity index (χ4v) is 1.91. The van der Waals surface area contributed by atoms with Crippen LogP contribution in [0.3, 0.4) is 0 Å². The largest absolute Gasteiger partial charge is 0.409 e. The van der Waals surface area contributed by atoms with Crippen LogP contribution in [0.5, 0.6) is 0 Å². The quantitative estimate of drug-likeness (QED) is 0.360. The van der Waals surface area contributed by atoms with Crippen molar-refractivity contribution in [3.05, 3.63) is 23.5 Å². The van der Waals surface area contributed by atoms with Crippen molar-refractivity contribution in [3.63, 3.8) is 0 Å². The molecule has 0 fully saturated rings. The van der Waals surface area contributed by atoms with Crippen LogP contribution in [0.15, 0.2) is 23.6 Å². The summed E-state index contributed by atoms with van der Waals surface area (Å²) in [6.07, 6.45) is 3.81. The zero-order valence-electron chi connectivity index (χ0n) is 10.7. The summed E-state index contributed by atoms with van der Waals surface area (Å²) in [6, 6.07) is 1.87. The van der Waals surface area contributed by atoms with Crippen molar-refractivity contribution in [2.45, 2.75) is 20.3 Å². The Balaban J connectivity index is 2.81. The van der Waals surface area contributed by atoms with Gasteiger partial charge in [-0.3, -0.25) is 4.98 Å². The number of hydrogen-bond acceptors (Lipinski definition) is 4. The lowest BCUT2D eigenvalue weighted by atomic mass is 10.2. The highest BCUT2D eigenvalue weighted by molar-refractivity contribution is 6.33. The number of oxime groups is 1. The lowest BCUT2D eigenvalue weighted by Gasteiger charge is -2.27.